The van der Waals surface area contributed by atoms with Crippen molar-refractivity contribution in [3.05, 3.63) is 0 Å². The summed E-state index contributed by atoms with van der Waals surface area (Å²) >= 11 is 0. The zero-order valence-electron chi connectivity index (χ0n) is 12.4. The molecule has 2 rings (SSSR count). The van der Waals surface area contributed by atoms with E-state index in [9.17, 15) is 4.79 Å². The molecule has 0 aromatic heterocycles. The van der Waals surface area contributed by atoms with Crippen LogP contribution in [-0.4, -0.2) is 18.5 Å². The normalized spacial score (nSPS) is 33.1. The van der Waals surface area contributed by atoms with Gasteiger partial charge in [0, 0.05) is 18.5 Å². The Morgan fingerprint density at radius 3 is 2.58 bits per heavy atom. The van der Waals surface area contributed by atoms with Crippen molar-refractivity contribution < 1.29 is 4.79 Å². The molecule has 3 atom stereocenters. The van der Waals surface area contributed by atoms with E-state index in [-0.39, 0.29) is 17.9 Å². The van der Waals surface area contributed by atoms with Crippen molar-refractivity contribution >= 4 is 5.91 Å². The summed E-state index contributed by atoms with van der Waals surface area (Å²) in [5.74, 6) is 1.85. The summed E-state index contributed by atoms with van der Waals surface area (Å²) < 4.78 is 0. The molecular weight excluding hydrogens is 236 g/mol. The third kappa shape index (κ3) is 4.79. The highest BCUT2D eigenvalue weighted by molar-refractivity contribution is 5.78. The highest BCUT2D eigenvalue weighted by Crippen LogP contribution is 2.28. The summed E-state index contributed by atoms with van der Waals surface area (Å²) in [5, 5.41) is 3.15. The van der Waals surface area contributed by atoms with Crippen LogP contribution in [0.2, 0.25) is 0 Å². The average Bonchev–Trinajstić information content (AvgIpc) is 2.38. The van der Waals surface area contributed by atoms with Crippen molar-refractivity contribution in [1.29, 1.82) is 0 Å². The minimum Gasteiger partial charge on any atom is -0.356 e. The lowest BCUT2D eigenvalue weighted by Gasteiger charge is -2.30. The number of nitrogens with one attached hydrogen (secondary N) is 1. The smallest absolute Gasteiger partial charge is 0.223 e. The molecule has 19 heavy (non-hydrogen) atoms. The van der Waals surface area contributed by atoms with Crippen LogP contribution < -0.4 is 11.1 Å². The van der Waals surface area contributed by atoms with E-state index >= 15 is 0 Å². The topological polar surface area (TPSA) is 55.1 Å². The van der Waals surface area contributed by atoms with Gasteiger partial charge in [-0.25, -0.2) is 0 Å². The van der Waals surface area contributed by atoms with Gasteiger partial charge in [-0.3, -0.25) is 4.79 Å². The predicted molar refractivity (Wildman–Crippen MR) is 78.7 cm³/mol. The first-order valence-corrected chi connectivity index (χ1v) is 8.18. The molecule has 3 unspecified atom stereocenters. The van der Waals surface area contributed by atoms with Gasteiger partial charge in [0.25, 0.3) is 0 Å². The second kappa shape index (κ2) is 7.28. The van der Waals surface area contributed by atoms with Crippen molar-refractivity contribution in [2.75, 3.05) is 6.54 Å². The molecule has 2 aliphatic carbocycles. The number of rotatable bonds is 4. The van der Waals surface area contributed by atoms with Gasteiger partial charge in [-0.1, -0.05) is 39.0 Å². The molecule has 0 heterocycles. The van der Waals surface area contributed by atoms with E-state index in [0.717, 1.165) is 31.7 Å². The number of amides is 1. The van der Waals surface area contributed by atoms with Crippen LogP contribution in [0, 0.1) is 17.8 Å². The Morgan fingerprint density at radius 2 is 1.89 bits per heavy atom. The maximum atomic E-state index is 12.2. The number of hydrogen-bond acceptors (Lipinski definition) is 2. The van der Waals surface area contributed by atoms with Gasteiger partial charge in [-0.05, 0) is 37.5 Å². The molecule has 3 nitrogen and oxygen atoms in total. The first-order valence-electron chi connectivity index (χ1n) is 8.18. The quantitative estimate of drug-likeness (QED) is 0.822. The van der Waals surface area contributed by atoms with Crippen LogP contribution >= 0.6 is 0 Å². The van der Waals surface area contributed by atoms with Gasteiger partial charge in [-0.15, -0.1) is 0 Å². The minimum absolute atomic E-state index is 0.158. The van der Waals surface area contributed by atoms with Crippen LogP contribution in [0.5, 0.6) is 0 Å². The number of carbonyl (C=O) groups excluding carboxylic acids is 1. The largest absolute Gasteiger partial charge is 0.356 e. The molecule has 3 N–H and O–H groups in total. The molecule has 0 saturated heterocycles. The van der Waals surface area contributed by atoms with Crippen LogP contribution in [0.4, 0.5) is 0 Å². The Hall–Kier alpha value is -0.570. The third-order valence-electron chi connectivity index (χ3n) is 4.93. The highest BCUT2D eigenvalue weighted by atomic mass is 16.1. The lowest BCUT2D eigenvalue weighted by Crippen LogP contribution is -2.40. The average molecular weight is 266 g/mol. The van der Waals surface area contributed by atoms with Gasteiger partial charge >= 0.3 is 0 Å². The molecule has 0 aromatic rings. The summed E-state index contributed by atoms with van der Waals surface area (Å²) in [7, 11) is 0. The van der Waals surface area contributed by atoms with Crippen molar-refractivity contribution in [2.24, 2.45) is 23.5 Å². The van der Waals surface area contributed by atoms with Gasteiger partial charge in [0.05, 0.1) is 0 Å². The Morgan fingerprint density at radius 1 is 1.16 bits per heavy atom. The Kier molecular flexibility index (Phi) is 5.68. The molecule has 0 radical (unpaired) electrons. The second-order valence-electron chi connectivity index (χ2n) is 6.85. The third-order valence-corrected chi connectivity index (χ3v) is 4.93. The Bertz CT molecular complexity index is 276. The molecule has 0 bridgehead atoms. The first kappa shape index (κ1) is 14.8. The van der Waals surface area contributed by atoms with Crippen LogP contribution in [0.25, 0.3) is 0 Å². The molecule has 2 saturated carbocycles. The van der Waals surface area contributed by atoms with E-state index < -0.39 is 0 Å². The molecule has 0 aromatic carbocycles. The fourth-order valence-electron chi connectivity index (χ4n) is 3.89. The molecule has 2 aliphatic rings. The standard InChI is InChI=1S/C16H30N2O/c1-12-9-14(11-15(17)10-12)16(19)18-8-7-13-5-3-2-4-6-13/h12-15H,2-11,17H2,1H3,(H,18,19). The number of nitrogens with two attached hydrogens (primary N) is 1. The van der Waals surface area contributed by atoms with E-state index in [1.165, 1.54) is 38.5 Å². The molecule has 3 heteroatoms. The second-order valence-corrected chi connectivity index (χ2v) is 6.85. The monoisotopic (exact) mass is 266 g/mol. The molecule has 0 spiro atoms. The minimum atomic E-state index is 0.158. The highest BCUT2D eigenvalue weighted by Gasteiger charge is 2.29. The van der Waals surface area contributed by atoms with E-state index in [0.29, 0.717) is 5.92 Å². The summed E-state index contributed by atoms with van der Waals surface area (Å²) in [6, 6.07) is 0.220. The predicted octanol–water partition coefficient (Wildman–Crippen LogP) is 2.84. The van der Waals surface area contributed by atoms with Crippen molar-refractivity contribution in [2.45, 2.75) is 70.8 Å². The fraction of sp³-hybridized carbons (Fsp3) is 0.938. The van der Waals surface area contributed by atoms with Crippen LogP contribution in [0.3, 0.4) is 0 Å². The summed E-state index contributed by atoms with van der Waals surface area (Å²) in [5.41, 5.74) is 6.02. The molecule has 110 valence electrons. The number of hydrogen-bond donors (Lipinski definition) is 2. The van der Waals surface area contributed by atoms with Gasteiger partial charge < -0.3 is 11.1 Å². The number of carbonyl (C=O) groups is 1. The van der Waals surface area contributed by atoms with Crippen LogP contribution in [0.1, 0.15) is 64.7 Å². The van der Waals surface area contributed by atoms with Gasteiger partial charge in [0.2, 0.25) is 5.91 Å². The van der Waals surface area contributed by atoms with E-state index in [1.807, 2.05) is 0 Å². The van der Waals surface area contributed by atoms with Crippen molar-refractivity contribution in [1.82, 2.24) is 5.32 Å². The lowest BCUT2D eigenvalue weighted by molar-refractivity contribution is -0.126. The lowest BCUT2D eigenvalue weighted by atomic mass is 9.79. The zero-order chi connectivity index (χ0) is 13.7. The maximum absolute atomic E-state index is 12.2. The summed E-state index contributed by atoms with van der Waals surface area (Å²) in [6.07, 6.45) is 11.0. The van der Waals surface area contributed by atoms with Gasteiger partial charge in [-0.2, -0.15) is 0 Å². The van der Waals surface area contributed by atoms with Gasteiger partial charge in [0.15, 0.2) is 0 Å². The van der Waals surface area contributed by atoms with Crippen molar-refractivity contribution in [3.63, 3.8) is 0 Å². The van der Waals surface area contributed by atoms with Crippen LogP contribution in [0.15, 0.2) is 0 Å². The first-order chi connectivity index (χ1) is 9.15. The molecule has 0 aliphatic heterocycles. The Balaban J connectivity index is 1.65. The maximum Gasteiger partial charge on any atom is 0.223 e. The summed E-state index contributed by atoms with van der Waals surface area (Å²) in [4.78, 5) is 12.2. The molecule has 1 amide bonds. The fourth-order valence-corrected chi connectivity index (χ4v) is 3.89. The van der Waals surface area contributed by atoms with Gasteiger partial charge in [0.1, 0.15) is 0 Å². The van der Waals surface area contributed by atoms with E-state index in [4.69, 9.17) is 5.73 Å². The molecule has 2 fully saturated rings. The van der Waals surface area contributed by atoms with E-state index in [2.05, 4.69) is 12.2 Å². The zero-order valence-corrected chi connectivity index (χ0v) is 12.4. The summed E-state index contributed by atoms with van der Waals surface area (Å²) in [6.45, 7) is 3.07. The van der Waals surface area contributed by atoms with E-state index in [1.54, 1.807) is 0 Å². The van der Waals surface area contributed by atoms with Crippen LogP contribution in [-0.2, 0) is 4.79 Å². The SMILES string of the molecule is CC1CC(N)CC(C(=O)NCCC2CCCCC2)C1. The van der Waals surface area contributed by atoms with Crippen molar-refractivity contribution in [3.8, 4) is 0 Å². The molecular formula is C16H30N2O. The Labute approximate surface area is 117 Å².